The molecular formula is C27H46O6Si. The number of ether oxygens (including phenoxy) is 5. The van der Waals surface area contributed by atoms with Crippen molar-refractivity contribution in [2.24, 2.45) is 11.8 Å². The van der Waals surface area contributed by atoms with E-state index >= 15 is 0 Å². The van der Waals surface area contributed by atoms with Crippen molar-refractivity contribution in [2.45, 2.75) is 77.2 Å². The first-order chi connectivity index (χ1) is 15.9. The van der Waals surface area contributed by atoms with E-state index in [0.29, 0.717) is 19.8 Å². The molecule has 1 aromatic rings. The normalized spacial score (nSPS) is 23.3. The van der Waals surface area contributed by atoms with Gasteiger partial charge in [0.25, 0.3) is 0 Å². The molecule has 0 unspecified atom stereocenters. The second-order valence-electron chi connectivity index (χ2n) is 11.0. The quantitative estimate of drug-likeness (QED) is 0.101. The Kier molecular flexibility index (Phi) is 10.4. The van der Waals surface area contributed by atoms with Gasteiger partial charge in [0.05, 0.1) is 39.1 Å². The Morgan fingerprint density at radius 2 is 1.76 bits per heavy atom. The smallest absolute Gasteiger partial charge is 0.192 e. The summed E-state index contributed by atoms with van der Waals surface area (Å²) in [5.41, 5.74) is 0.696. The Labute approximate surface area is 208 Å². The van der Waals surface area contributed by atoms with Crippen molar-refractivity contribution in [1.82, 2.24) is 0 Å². The largest absolute Gasteiger partial charge is 0.497 e. The van der Waals surface area contributed by atoms with E-state index in [0.717, 1.165) is 11.3 Å². The van der Waals surface area contributed by atoms with Crippen LogP contribution in [0.5, 0.6) is 5.75 Å². The van der Waals surface area contributed by atoms with Crippen LogP contribution in [0.1, 0.15) is 40.2 Å². The van der Waals surface area contributed by atoms with Crippen molar-refractivity contribution < 1.29 is 28.1 Å². The van der Waals surface area contributed by atoms with Crippen LogP contribution in [-0.4, -0.2) is 60.4 Å². The zero-order valence-corrected chi connectivity index (χ0v) is 23.7. The van der Waals surface area contributed by atoms with Gasteiger partial charge in [-0.3, -0.25) is 0 Å². The van der Waals surface area contributed by atoms with E-state index in [2.05, 4.69) is 54.3 Å². The van der Waals surface area contributed by atoms with E-state index in [4.69, 9.17) is 28.1 Å². The maximum Gasteiger partial charge on any atom is 0.192 e. The highest BCUT2D eigenvalue weighted by Crippen LogP contribution is 2.50. The van der Waals surface area contributed by atoms with Crippen molar-refractivity contribution >= 4 is 8.32 Å². The summed E-state index contributed by atoms with van der Waals surface area (Å²) in [6, 6.07) is 7.96. The molecule has 34 heavy (non-hydrogen) atoms. The molecule has 2 rings (SSSR count). The monoisotopic (exact) mass is 494 g/mol. The molecule has 0 saturated carbocycles. The molecule has 0 aromatic heterocycles. The zero-order valence-electron chi connectivity index (χ0n) is 22.7. The van der Waals surface area contributed by atoms with E-state index < -0.39 is 13.9 Å². The van der Waals surface area contributed by atoms with Crippen molar-refractivity contribution in [3.63, 3.8) is 0 Å². The van der Waals surface area contributed by atoms with Gasteiger partial charge in [0.1, 0.15) is 18.1 Å². The Hall–Kier alpha value is -1.22. The first kappa shape index (κ1) is 29.0. The minimum absolute atomic E-state index is 0.00769. The lowest BCUT2D eigenvalue weighted by Crippen LogP contribution is -2.51. The molecule has 0 spiro atoms. The standard InChI is InChI=1S/C27H46O6Si/c1-11-22(18-31-19-28-7)25(33-34(9,10)26(3,4)5)27(6)24(32-27)20(2)16-30-17-21-12-14-23(29-8)15-13-21/h11-15,20,22,24-25H,1,16-19H2,2-10H3/t20-,22+,24+,25-,27+/m0/s1. The van der Waals surface area contributed by atoms with Gasteiger partial charge < -0.3 is 28.1 Å². The third-order valence-electron chi connectivity index (χ3n) is 7.21. The van der Waals surface area contributed by atoms with Crippen LogP contribution >= 0.6 is 0 Å². The van der Waals surface area contributed by atoms with Gasteiger partial charge >= 0.3 is 0 Å². The predicted molar refractivity (Wildman–Crippen MR) is 139 cm³/mol. The van der Waals surface area contributed by atoms with Crippen molar-refractivity contribution in [3.8, 4) is 5.75 Å². The molecule has 0 N–H and O–H groups in total. The Morgan fingerprint density at radius 1 is 1.12 bits per heavy atom. The average molecular weight is 495 g/mol. The molecule has 0 amide bonds. The first-order valence-corrected chi connectivity index (χ1v) is 15.1. The highest BCUT2D eigenvalue weighted by atomic mass is 28.4. The highest BCUT2D eigenvalue weighted by molar-refractivity contribution is 6.74. The van der Waals surface area contributed by atoms with Crippen LogP contribution in [0.4, 0.5) is 0 Å². The molecule has 6 nitrogen and oxygen atoms in total. The van der Waals surface area contributed by atoms with E-state index in [1.165, 1.54) is 0 Å². The van der Waals surface area contributed by atoms with Gasteiger partial charge in [-0.25, -0.2) is 0 Å². The van der Waals surface area contributed by atoms with E-state index in [-0.39, 0.29) is 35.9 Å². The maximum atomic E-state index is 6.96. The van der Waals surface area contributed by atoms with Crippen LogP contribution in [0, 0.1) is 11.8 Å². The fourth-order valence-electron chi connectivity index (χ4n) is 3.99. The summed E-state index contributed by atoms with van der Waals surface area (Å²) in [6.07, 6.45) is 1.82. The molecule has 1 aromatic carbocycles. The summed E-state index contributed by atoms with van der Waals surface area (Å²) in [6.45, 7) is 21.6. The number of benzene rings is 1. The molecule has 1 aliphatic rings. The van der Waals surface area contributed by atoms with E-state index in [1.807, 2.05) is 30.3 Å². The van der Waals surface area contributed by atoms with Crippen molar-refractivity contribution in [2.75, 3.05) is 34.2 Å². The van der Waals surface area contributed by atoms with Gasteiger partial charge in [-0.1, -0.05) is 45.9 Å². The maximum absolute atomic E-state index is 6.96. The Morgan fingerprint density at radius 3 is 2.29 bits per heavy atom. The number of methoxy groups -OCH3 is 2. The van der Waals surface area contributed by atoms with Gasteiger partial charge in [-0.15, -0.1) is 6.58 Å². The molecule has 0 bridgehead atoms. The van der Waals surface area contributed by atoms with E-state index in [1.54, 1.807) is 14.2 Å². The molecule has 5 atom stereocenters. The SMILES string of the molecule is C=C[C@H](COCOC)[C@H](O[Si](C)(C)C(C)(C)C)[C@]1(C)O[C@@H]1[C@@H](C)COCc1ccc(OC)cc1. The van der Waals surface area contributed by atoms with Crippen LogP contribution in [0.2, 0.25) is 18.1 Å². The second kappa shape index (κ2) is 12.1. The van der Waals surface area contributed by atoms with Crippen LogP contribution in [0.15, 0.2) is 36.9 Å². The lowest BCUT2D eigenvalue weighted by atomic mass is 9.86. The summed E-state index contributed by atoms with van der Waals surface area (Å²) in [5.74, 6) is 1.06. The van der Waals surface area contributed by atoms with Crippen LogP contribution in [0.25, 0.3) is 0 Å². The zero-order chi connectivity index (χ0) is 25.6. The summed E-state index contributed by atoms with van der Waals surface area (Å²) >= 11 is 0. The van der Waals surface area contributed by atoms with Gasteiger partial charge in [0.2, 0.25) is 0 Å². The topological polar surface area (TPSA) is 58.7 Å². The number of epoxide rings is 1. The minimum atomic E-state index is -2.06. The van der Waals surface area contributed by atoms with E-state index in [9.17, 15) is 0 Å². The lowest BCUT2D eigenvalue weighted by Gasteiger charge is -2.42. The summed E-state index contributed by atoms with van der Waals surface area (Å²) in [4.78, 5) is 0. The fourth-order valence-corrected chi connectivity index (χ4v) is 5.39. The number of hydrogen-bond acceptors (Lipinski definition) is 6. The van der Waals surface area contributed by atoms with Crippen LogP contribution in [-0.2, 0) is 30.0 Å². The molecule has 194 valence electrons. The fraction of sp³-hybridized carbons (Fsp3) is 0.704. The average Bonchev–Trinajstić information content (AvgIpc) is 3.48. The Balaban J connectivity index is 2.06. The number of hydrogen-bond donors (Lipinski definition) is 0. The third-order valence-corrected chi connectivity index (χ3v) is 11.7. The van der Waals surface area contributed by atoms with Crippen molar-refractivity contribution in [1.29, 1.82) is 0 Å². The minimum Gasteiger partial charge on any atom is -0.497 e. The molecule has 1 fully saturated rings. The summed E-state index contributed by atoms with van der Waals surface area (Å²) < 4.78 is 35.4. The molecule has 0 radical (unpaired) electrons. The van der Waals surface area contributed by atoms with Crippen LogP contribution < -0.4 is 4.74 Å². The second-order valence-corrected chi connectivity index (χ2v) is 15.8. The van der Waals surface area contributed by atoms with Crippen LogP contribution in [0.3, 0.4) is 0 Å². The van der Waals surface area contributed by atoms with Gasteiger partial charge in [0, 0.05) is 18.9 Å². The first-order valence-electron chi connectivity index (χ1n) is 12.1. The molecule has 1 heterocycles. The molecule has 0 aliphatic carbocycles. The highest BCUT2D eigenvalue weighted by Gasteiger charge is 2.63. The summed E-state index contributed by atoms with van der Waals surface area (Å²) in [5, 5.41) is 0.0815. The lowest BCUT2D eigenvalue weighted by molar-refractivity contribution is -0.0589. The predicted octanol–water partition coefficient (Wildman–Crippen LogP) is 5.82. The Bertz CT molecular complexity index is 759. The molecule has 7 heteroatoms. The van der Waals surface area contributed by atoms with Crippen molar-refractivity contribution in [3.05, 3.63) is 42.5 Å². The molecule has 1 aliphatic heterocycles. The molecule has 1 saturated heterocycles. The van der Waals surface area contributed by atoms with Gasteiger partial charge in [-0.05, 0) is 42.8 Å². The molecular weight excluding hydrogens is 448 g/mol. The third kappa shape index (κ3) is 7.39. The summed E-state index contributed by atoms with van der Waals surface area (Å²) in [7, 11) is 1.23. The van der Waals surface area contributed by atoms with Gasteiger partial charge in [0.15, 0.2) is 8.32 Å². The van der Waals surface area contributed by atoms with Gasteiger partial charge in [-0.2, -0.15) is 0 Å². The number of rotatable bonds is 15.